The number of anilines is 1. The number of fused-ring (bicyclic) bond motifs is 1. The highest BCUT2D eigenvalue weighted by atomic mass is 32.1. The minimum absolute atomic E-state index is 0.218. The molecule has 1 amide bonds. The van der Waals surface area contributed by atoms with E-state index in [0.29, 0.717) is 15.4 Å². The number of ether oxygens (including phenoxy) is 1. The number of thiazole rings is 1. The van der Waals surface area contributed by atoms with E-state index in [4.69, 9.17) is 4.74 Å². The molecule has 0 fully saturated rings. The number of para-hydroxylation sites is 1. The average molecular weight is 397 g/mol. The molecule has 4 rings (SSSR count). The summed E-state index contributed by atoms with van der Waals surface area (Å²) >= 11 is 1.25. The third kappa shape index (κ3) is 3.31. The van der Waals surface area contributed by atoms with Crippen molar-refractivity contribution in [3.63, 3.8) is 0 Å². The molecule has 7 nitrogen and oxygen atoms in total. The number of aromatic nitrogens is 4. The second-order valence-corrected chi connectivity index (χ2v) is 7.07. The van der Waals surface area contributed by atoms with Gasteiger partial charge in [-0.2, -0.15) is 0 Å². The highest BCUT2D eigenvalue weighted by molar-refractivity contribution is 7.22. The fourth-order valence-electron chi connectivity index (χ4n) is 2.83. The Morgan fingerprint density at radius 2 is 2.18 bits per heavy atom. The van der Waals surface area contributed by atoms with Crippen molar-refractivity contribution >= 4 is 32.6 Å². The summed E-state index contributed by atoms with van der Waals surface area (Å²) in [6.07, 6.45) is 4.92. The summed E-state index contributed by atoms with van der Waals surface area (Å²) in [7, 11) is 3.16. The van der Waals surface area contributed by atoms with E-state index in [2.05, 4.69) is 15.1 Å². The molecule has 0 aliphatic heterocycles. The quantitative estimate of drug-likeness (QED) is 0.516. The van der Waals surface area contributed by atoms with Gasteiger partial charge in [-0.3, -0.25) is 19.4 Å². The number of hydrogen-bond donors (Lipinski definition) is 0. The molecule has 3 heterocycles. The number of aryl methyl sites for hydroxylation is 1. The first-order chi connectivity index (χ1) is 13.6. The Morgan fingerprint density at radius 3 is 2.89 bits per heavy atom. The second-order valence-electron chi connectivity index (χ2n) is 6.06. The molecule has 1 aromatic carbocycles. The van der Waals surface area contributed by atoms with E-state index in [-0.39, 0.29) is 23.8 Å². The van der Waals surface area contributed by atoms with Gasteiger partial charge in [-0.05, 0) is 23.8 Å². The summed E-state index contributed by atoms with van der Waals surface area (Å²) in [4.78, 5) is 23.3. The van der Waals surface area contributed by atoms with Crippen molar-refractivity contribution in [2.75, 3.05) is 12.0 Å². The molecular formula is C19H16FN5O2S. The van der Waals surface area contributed by atoms with Gasteiger partial charge in [0, 0.05) is 25.6 Å². The Hall–Kier alpha value is -3.33. The van der Waals surface area contributed by atoms with E-state index >= 15 is 0 Å². The van der Waals surface area contributed by atoms with E-state index in [9.17, 15) is 9.18 Å². The summed E-state index contributed by atoms with van der Waals surface area (Å²) < 4.78 is 21.5. The molecule has 28 heavy (non-hydrogen) atoms. The van der Waals surface area contributed by atoms with Crippen LogP contribution < -0.4 is 9.64 Å². The number of pyridine rings is 1. The summed E-state index contributed by atoms with van der Waals surface area (Å²) in [5.74, 6) is -0.544. The van der Waals surface area contributed by atoms with Crippen molar-refractivity contribution in [1.82, 2.24) is 19.7 Å². The number of benzene rings is 1. The lowest BCUT2D eigenvalue weighted by Gasteiger charge is -2.19. The van der Waals surface area contributed by atoms with Crippen LogP contribution >= 0.6 is 11.3 Å². The first-order valence-corrected chi connectivity index (χ1v) is 9.22. The molecule has 9 heteroatoms. The molecule has 0 saturated heterocycles. The Kier molecular flexibility index (Phi) is 4.74. The topological polar surface area (TPSA) is 73.1 Å². The van der Waals surface area contributed by atoms with Gasteiger partial charge in [0.25, 0.3) is 5.91 Å². The van der Waals surface area contributed by atoms with Gasteiger partial charge >= 0.3 is 0 Å². The van der Waals surface area contributed by atoms with Crippen LogP contribution in [0, 0.1) is 5.82 Å². The highest BCUT2D eigenvalue weighted by Gasteiger charge is 2.27. The standard InChI is InChI=1S/C19H16FN5O2S/c1-24-11-13(17(23-24)27-2)18(26)25(10-12-5-4-8-21-9-12)19-22-16-14(20)6-3-7-15(16)28-19/h3-9,11H,10H2,1-2H3. The summed E-state index contributed by atoms with van der Waals surface area (Å²) in [6.45, 7) is 0.228. The molecule has 0 N–H and O–H groups in total. The molecule has 0 aliphatic rings. The number of nitrogens with zero attached hydrogens (tertiary/aromatic N) is 5. The molecule has 0 unspecified atom stereocenters. The zero-order valence-electron chi connectivity index (χ0n) is 15.2. The van der Waals surface area contributed by atoms with Gasteiger partial charge in [0.1, 0.15) is 16.9 Å². The Bertz CT molecular complexity index is 1140. The zero-order valence-corrected chi connectivity index (χ0v) is 16.0. The van der Waals surface area contributed by atoms with Crippen LogP contribution in [0.5, 0.6) is 5.88 Å². The maximum atomic E-state index is 14.1. The molecule has 0 saturated carbocycles. The fourth-order valence-corrected chi connectivity index (χ4v) is 3.81. The molecular weight excluding hydrogens is 381 g/mol. The number of rotatable bonds is 5. The van der Waals surface area contributed by atoms with Crippen molar-refractivity contribution in [2.45, 2.75) is 6.54 Å². The van der Waals surface area contributed by atoms with Crippen LogP contribution in [-0.2, 0) is 13.6 Å². The van der Waals surface area contributed by atoms with Crippen LogP contribution in [0.4, 0.5) is 9.52 Å². The predicted octanol–water partition coefficient (Wildman–Crippen LogP) is 3.42. The summed E-state index contributed by atoms with van der Waals surface area (Å²) in [6, 6.07) is 8.40. The Balaban J connectivity index is 1.81. The Morgan fingerprint density at radius 1 is 1.32 bits per heavy atom. The number of carbonyl (C=O) groups is 1. The number of carbonyl (C=O) groups excluding carboxylic acids is 1. The third-order valence-electron chi connectivity index (χ3n) is 4.12. The van der Waals surface area contributed by atoms with Gasteiger partial charge in [-0.15, -0.1) is 5.10 Å². The molecule has 3 aromatic heterocycles. The van der Waals surface area contributed by atoms with E-state index < -0.39 is 5.82 Å². The molecule has 0 aliphatic carbocycles. The minimum Gasteiger partial charge on any atom is -0.479 e. The van der Waals surface area contributed by atoms with Crippen molar-refractivity contribution in [2.24, 2.45) is 7.05 Å². The number of hydrogen-bond acceptors (Lipinski definition) is 6. The lowest BCUT2D eigenvalue weighted by molar-refractivity contribution is 0.0982. The van der Waals surface area contributed by atoms with Crippen LogP contribution in [0.15, 0.2) is 48.9 Å². The maximum absolute atomic E-state index is 14.1. The molecule has 4 aromatic rings. The lowest BCUT2D eigenvalue weighted by atomic mass is 10.2. The number of methoxy groups -OCH3 is 1. The smallest absolute Gasteiger partial charge is 0.267 e. The molecule has 0 spiro atoms. The van der Waals surface area contributed by atoms with Crippen molar-refractivity contribution < 1.29 is 13.9 Å². The van der Waals surface area contributed by atoms with E-state index in [1.807, 2.05) is 6.07 Å². The summed E-state index contributed by atoms with van der Waals surface area (Å²) in [5, 5.41) is 4.54. The zero-order chi connectivity index (χ0) is 19.7. The van der Waals surface area contributed by atoms with Crippen LogP contribution in [0.1, 0.15) is 15.9 Å². The SMILES string of the molecule is COc1nn(C)cc1C(=O)N(Cc1cccnc1)c1nc2c(F)cccc2s1. The normalized spacial score (nSPS) is 11.0. The maximum Gasteiger partial charge on any atom is 0.267 e. The predicted molar refractivity (Wildman–Crippen MR) is 104 cm³/mol. The monoisotopic (exact) mass is 397 g/mol. The largest absolute Gasteiger partial charge is 0.479 e. The van der Waals surface area contributed by atoms with Gasteiger partial charge in [0.15, 0.2) is 5.13 Å². The molecule has 142 valence electrons. The average Bonchev–Trinajstić information content (AvgIpc) is 3.30. The number of amides is 1. The van der Waals surface area contributed by atoms with Crippen molar-refractivity contribution in [1.29, 1.82) is 0 Å². The van der Waals surface area contributed by atoms with Gasteiger partial charge in [0.2, 0.25) is 5.88 Å². The first-order valence-electron chi connectivity index (χ1n) is 8.40. The molecule has 0 atom stereocenters. The Labute approximate surface area is 164 Å². The minimum atomic E-state index is -0.423. The summed E-state index contributed by atoms with van der Waals surface area (Å²) in [5.41, 5.74) is 1.36. The van der Waals surface area contributed by atoms with Gasteiger partial charge < -0.3 is 4.74 Å². The van der Waals surface area contributed by atoms with Gasteiger partial charge in [-0.25, -0.2) is 9.37 Å². The molecule has 0 bridgehead atoms. The lowest BCUT2D eigenvalue weighted by Crippen LogP contribution is -2.30. The van der Waals surface area contributed by atoms with Crippen LogP contribution in [0.25, 0.3) is 10.2 Å². The first kappa shape index (κ1) is 18.1. The van der Waals surface area contributed by atoms with Gasteiger partial charge in [-0.1, -0.05) is 23.5 Å². The fraction of sp³-hybridized carbons (Fsp3) is 0.158. The van der Waals surface area contributed by atoms with E-state index in [1.54, 1.807) is 43.8 Å². The van der Waals surface area contributed by atoms with Crippen molar-refractivity contribution in [3.05, 3.63) is 65.9 Å². The van der Waals surface area contributed by atoms with Crippen LogP contribution in [0.3, 0.4) is 0 Å². The van der Waals surface area contributed by atoms with E-state index in [1.165, 1.54) is 34.1 Å². The second kappa shape index (κ2) is 7.35. The molecule has 0 radical (unpaired) electrons. The van der Waals surface area contributed by atoms with Crippen LogP contribution in [0.2, 0.25) is 0 Å². The highest BCUT2D eigenvalue weighted by Crippen LogP contribution is 2.32. The van der Waals surface area contributed by atoms with Gasteiger partial charge in [0.05, 0.1) is 18.4 Å². The van der Waals surface area contributed by atoms with Crippen LogP contribution in [-0.4, -0.2) is 32.8 Å². The van der Waals surface area contributed by atoms with E-state index in [0.717, 1.165) is 5.56 Å². The third-order valence-corrected chi connectivity index (χ3v) is 5.16. The number of halogens is 1. The van der Waals surface area contributed by atoms with Crippen molar-refractivity contribution in [3.8, 4) is 5.88 Å².